The van der Waals surface area contributed by atoms with Crippen LogP contribution >= 0.6 is 11.8 Å². The summed E-state index contributed by atoms with van der Waals surface area (Å²) < 4.78 is 0. The van der Waals surface area contributed by atoms with Crippen LogP contribution in [0.4, 0.5) is 0 Å². The Balaban J connectivity index is 2.41. The first-order valence-corrected chi connectivity index (χ1v) is 3.58. The topological polar surface area (TPSA) is 49.7 Å². The van der Waals surface area contributed by atoms with Crippen molar-refractivity contribution in [1.82, 2.24) is 0 Å². The molecule has 4 heteroatoms. The lowest BCUT2D eigenvalue weighted by molar-refractivity contribution is 0.184. The molecule has 0 saturated carbocycles. The SMILES string of the molecule is O=NC1CSCC1O. The summed E-state index contributed by atoms with van der Waals surface area (Å²) in [4.78, 5) is 9.79. The molecule has 0 aromatic carbocycles. The van der Waals surface area contributed by atoms with Gasteiger partial charge in [-0.05, 0) is 0 Å². The molecule has 8 heavy (non-hydrogen) atoms. The highest BCUT2D eigenvalue weighted by atomic mass is 32.2. The monoisotopic (exact) mass is 133 g/mol. The van der Waals surface area contributed by atoms with E-state index in [0.29, 0.717) is 11.5 Å². The number of aliphatic hydroxyl groups is 1. The van der Waals surface area contributed by atoms with E-state index in [9.17, 15) is 4.91 Å². The predicted molar refractivity (Wildman–Crippen MR) is 32.9 cm³/mol. The fourth-order valence-corrected chi connectivity index (χ4v) is 1.76. The molecule has 1 heterocycles. The van der Waals surface area contributed by atoms with Crippen LogP contribution in [0.2, 0.25) is 0 Å². The second-order valence-electron chi connectivity index (χ2n) is 1.78. The Bertz CT molecular complexity index is 98.0. The maximum Gasteiger partial charge on any atom is 0.127 e. The zero-order valence-electron chi connectivity index (χ0n) is 4.28. The number of rotatable bonds is 1. The van der Waals surface area contributed by atoms with E-state index < -0.39 is 6.10 Å². The van der Waals surface area contributed by atoms with Crippen LogP contribution in [0, 0.1) is 4.91 Å². The third kappa shape index (κ3) is 1.00. The Morgan fingerprint density at radius 2 is 2.38 bits per heavy atom. The molecule has 2 atom stereocenters. The molecule has 1 fully saturated rings. The van der Waals surface area contributed by atoms with Gasteiger partial charge in [-0.25, -0.2) is 0 Å². The molecule has 3 nitrogen and oxygen atoms in total. The van der Waals surface area contributed by atoms with Gasteiger partial charge in [-0.3, -0.25) is 0 Å². The van der Waals surface area contributed by atoms with Crippen LogP contribution < -0.4 is 0 Å². The highest BCUT2D eigenvalue weighted by Crippen LogP contribution is 2.19. The van der Waals surface area contributed by atoms with Crippen molar-refractivity contribution < 1.29 is 5.11 Å². The molecule has 1 aliphatic heterocycles. The zero-order chi connectivity index (χ0) is 5.98. The minimum atomic E-state index is -0.488. The van der Waals surface area contributed by atoms with E-state index in [1.807, 2.05) is 0 Å². The summed E-state index contributed by atoms with van der Waals surface area (Å²) in [5.41, 5.74) is 0. The minimum absolute atomic E-state index is 0.347. The predicted octanol–water partition coefficient (Wildman–Crippen LogP) is 0.229. The number of nitroso groups, excluding NO2 is 1. The van der Waals surface area contributed by atoms with Crippen molar-refractivity contribution >= 4 is 11.8 Å². The first-order valence-electron chi connectivity index (χ1n) is 2.43. The molecule has 1 aliphatic rings. The molecule has 46 valence electrons. The fourth-order valence-electron chi connectivity index (χ4n) is 0.632. The van der Waals surface area contributed by atoms with Crippen LogP contribution in [0.5, 0.6) is 0 Å². The molecule has 0 bridgehead atoms. The number of aliphatic hydroxyl groups excluding tert-OH is 1. The molecule has 0 aliphatic carbocycles. The van der Waals surface area contributed by atoms with E-state index in [-0.39, 0.29) is 6.04 Å². The summed E-state index contributed by atoms with van der Waals surface area (Å²) in [7, 11) is 0. The summed E-state index contributed by atoms with van der Waals surface area (Å²) in [6.45, 7) is 0. The minimum Gasteiger partial charge on any atom is -0.390 e. The first kappa shape index (κ1) is 6.04. The molecule has 0 radical (unpaired) electrons. The lowest BCUT2D eigenvalue weighted by atomic mass is 10.2. The van der Waals surface area contributed by atoms with Crippen molar-refractivity contribution in [3.05, 3.63) is 4.91 Å². The van der Waals surface area contributed by atoms with E-state index in [1.165, 1.54) is 0 Å². The highest BCUT2D eigenvalue weighted by molar-refractivity contribution is 7.99. The van der Waals surface area contributed by atoms with Gasteiger partial charge in [0, 0.05) is 11.5 Å². The summed E-state index contributed by atoms with van der Waals surface area (Å²) in [6.07, 6.45) is -0.488. The van der Waals surface area contributed by atoms with Crippen LogP contribution in [0.15, 0.2) is 5.18 Å². The Hall–Kier alpha value is -0.0900. The molecule has 2 unspecified atom stereocenters. The van der Waals surface area contributed by atoms with Crippen molar-refractivity contribution in [2.45, 2.75) is 12.1 Å². The second-order valence-corrected chi connectivity index (χ2v) is 2.85. The van der Waals surface area contributed by atoms with Crippen LogP contribution in [-0.4, -0.2) is 28.8 Å². The molecule has 0 spiro atoms. The summed E-state index contributed by atoms with van der Waals surface area (Å²) in [6, 6.07) is -0.347. The van der Waals surface area contributed by atoms with Gasteiger partial charge >= 0.3 is 0 Å². The van der Waals surface area contributed by atoms with Gasteiger partial charge in [-0.15, -0.1) is 0 Å². The maximum atomic E-state index is 9.79. The second kappa shape index (κ2) is 2.46. The van der Waals surface area contributed by atoms with Crippen LogP contribution in [0.25, 0.3) is 0 Å². The average molecular weight is 133 g/mol. The smallest absolute Gasteiger partial charge is 0.127 e. The van der Waals surface area contributed by atoms with E-state index in [1.54, 1.807) is 11.8 Å². The lowest BCUT2D eigenvalue weighted by Gasteiger charge is -2.00. The van der Waals surface area contributed by atoms with Gasteiger partial charge in [-0.1, -0.05) is 5.18 Å². The number of hydrogen-bond donors (Lipinski definition) is 1. The van der Waals surface area contributed by atoms with Gasteiger partial charge < -0.3 is 5.11 Å². The molecule has 1 N–H and O–H groups in total. The Kier molecular flexibility index (Phi) is 1.85. The summed E-state index contributed by atoms with van der Waals surface area (Å²) in [5.74, 6) is 1.35. The van der Waals surface area contributed by atoms with Gasteiger partial charge in [-0.2, -0.15) is 16.7 Å². The maximum absolute atomic E-state index is 9.79. The molecule has 0 aromatic heterocycles. The van der Waals surface area contributed by atoms with Crippen LogP contribution in [0.3, 0.4) is 0 Å². The molecule has 0 aromatic rings. The van der Waals surface area contributed by atoms with Crippen LogP contribution in [-0.2, 0) is 0 Å². The number of thioether (sulfide) groups is 1. The fraction of sp³-hybridized carbons (Fsp3) is 1.00. The van der Waals surface area contributed by atoms with Crippen molar-refractivity contribution in [3.63, 3.8) is 0 Å². The van der Waals surface area contributed by atoms with Crippen molar-refractivity contribution in [1.29, 1.82) is 0 Å². The quantitative estimate of drug-likeness (QED) is 0.521. The standard InChI is InChI=1S/C4H7NO2S/c6-4-2-8-1-3(4)5-7/h3-4,6H,1-2H2. The summed E-state index contributed by atoms with van der Waals surface area (Å²) >= 11 is 1.57. The first-order chi connectivity index (χ1) is 3.84. The van der Waals surface area contributed by atoms with Gasteiger partial charge in [0.1, 0.15) is 6.04 Å². The van der Waals surface area contributed by atoms with Gasteiger partial charge in [0.05, 0.1) is 6.10 Å². The Labute approximate surface area is 51.4 Å². The van der Waals surface area contributed by atoms with Crippen molar-refractivity contribution in [3.8, 4) is 0 Å². The van der Waals surface area contributed by atoms with Gasteiger partial charge in [0.25, 0.3) is 0 Å². The highest BCUT2D eigenvalue weighted by Gasteiger charge is 2.26. The largest absolute Gasteiger partial charge is 0.390 e. The van der Waals surface area contributed by atoms with Gasteiger partial charge in [0.15, 0.2) is 0 Å². The molecule has 0 amide bonds. The zero-order valence-corrected chi connectivity index (χ0v) is 5.10. The number of hydrogen-bond acceptors (Lipinski definition) is 4. The van der Waals surface area contributed by atoms with E-state index in [0.717, 1.165) is 0 Å². The average Bonchev–Trinajstić information content (AvgIpc) is 2.14. The van der Waals surface area contributed by atoms with E-state index >= 15 is 0 Å². The third-order valence-corrected chi connectivity index (χ3v) is 2.31. The molecule has 1 rings (SSSR count). The van der Waals surface area contributed by atoms with Crippen molar-refractivity contribution in [2.75, 3.05) is 11.5 Å². The van der Waals surface area contributed by atoms with Crippen LogP contribution in [0.1, 0.15) is 0 Å². The molecule has 1 saturated heterocycles. The molecular weight excluding hydrogens is 126 g/mol. The Morgan fingerprint density at radius 1 is 1.62 bits per heavy atom. The van der Waals surface area contributed by atoms with E-state index in [4.69, 9.17) is 5.11 Å². The lowest BCUT2D eigenvalue weighted by Crippen LogP contribution is -2.20. The van der Waals surface area contributed by atoms with Gasteiger partial charge in [0.2, 0.25) is 0 Å². The molecular formula is C4H7NO2S. The third-order valence-electron chi connectivity index (χ3n) is 1.16. The summed E-state index contributed by atoms with van der Waals surface area (Å²) in [5, 5.41) is 11.6. The van der Waals surface area contributed by atoms with E-state index in [2.05, 4.69) is 5.18 Å². The normalized spacial score (nSPS) is 37.6. The Morgan fingerprint density at radius 3 is 2.62 bits per heavy atom. The van der Waals surface area contributed by atoms with Crippen molar-refractivity contribution in [2.24, 2.45) is 5.18 Å². The number of nitrogens with zero attached hydrogens (tertiary/aromatic N) is 1.